The fraction of sp³-hybridized carbons (Fsp3) is 0.308. The predicted octanol–water partition coefficient (Wildman–Crippen LogP) is 7.26. The Morgan fingerprint density at radius 2 is 1.54 bits per heavy atom. The Hall–Kier alpha value is -1.82. The van der Waals surface area contributed by atoms with Crippen LogP contribution in [0.25, 0.3) is 10.8 Å². The summed E-state index contributed by atoms with van der Waals surface area (Å²) in [5.41, 5.74) is 3.74. The van der Waals surface area contributed by atoms with Crippen molar-refractivity contribution < 1.29 is 22.8 Å². The van der Waals surface area contributed by atoms with E-state index in [1.165, 1.54) is 18.2 Å². The topological polar surface area (TPSA) is 94.9 Å². The van der Waals surface area contributed by atoms with Gasteiger partial charge >= 0.3 is 7.60 Å². The Morgan fingerprint density at radius 1 is 0.973 bits per heavy atom. The molecule has 0 saturated heterocycles. The van der Waals surface area contributed by atoms with Crippen LogP contribution in [0.5, 0.6) is 0 Å². The second kappa shape index (κ2) is 10.7. The second-order valence-electron chi connectivity index (χ2n) is 9.79. The lowest BCUT2D eigenvalue weighted by Crippen LogP contribution is -2.51. The van der Waals surface area contributed by atoms with Gasteiger partial charge in [-0.15, -0.1) is 5.54 Å². The third-order valence-electron chi connectivity index (χ3n) is 6.10. The predicted molar refractivity (Wildman–Crippen MR) is 156 cm³/mol. The monoisotopic (exact) mass is 597 g/mol. The summed E-state index contributed by atoms with van der Waals surface area (Å²) in [5.74, 6) is 3.14. The average molecular weight is 599 g/mol. The number of sulfonamides is 1. The molecule has 37 heavy (non-hydrogen) atoms. The molecule has 0 atom stereocenters. The van der Waals surface area contributed by atoms with Gasteiger partial charge in [0.15, 0.2) is 5.28 Å². The zero-order valence-corrected chi connectivity index (χ0v) is 25.5. The SMILES string of the molecule is CCC(CC)(N(c1c(C#C[Si](C)(C)C)ccc2ccccc12)S(=O)(=O)c1cc(Cl)cc(Cl)c1)P(=O)(O)O. The summed E-state index contributed by atoms with van der Waals surface area (Å²) in [6.45, 7) is 9.30. The van der Waals surface area contributed by atoms with Crippen molar-refractivity contribution >= 4 is 65.4 Å². The minimum Gasteiger partial charge on any atom is -0.323 e. The van der Waals surface area contributed by atoms with Gasteiger partial charge in [-0.25, -0.2) is 12.7 Å². The molecule has 11 heteroatoms. The maximum atomic E-state index is 14.5. The molecule has 198 valence electrons. The highest BCUT2D eigenvalue weighted by atomic mass is 35.5. The largest absolute Gasteiger partial charge is 0.351 e. The minimum atomic E-state index is -5.08. The lowest BCUT2D eigenvalue weighted by atomic mass is 10.0. The summed E-state index contributed by atoms with van der Waals surface area (Å²) in [6.07, 6.45) is -0.323. The van der Waals surface area contributed by atoms with Crippen LogP contribution in [-0.4, -0.2) is 31.6 Å². The number of nitrogens with zero attached hydrogens (tertiary/aromatic N) is 1. The molecule has 0 fully saturated rings. The lowest BCUT2D eigenvalue weighted by Gasteiger charge is -2.44. The molecule has 0 amide bonds. The van der Waals surface area contributed by atoms with Crippen LogP contribution in [0.1, 0.15) is 32.3 Å². The fourth-order valence-electron chi connectivity index (χ4n) is 4.23. The van der Waals surface area contributed by atoms with E-state index in [9.17, 15) is 22.8 Å². The summed E-state index contributed by atoms with van der Waals surface area (Å²) in [7, 11) is -11.6. The summed E-state index contributed by atoms with van der Waals surface area (Å²) in [4.78, 5) is 21.2. The molecule has 3 aromatic rings. The van der Waals surface area contributed by atoms with E-state index in [0.717, 1.165) is 4.31 Å². The van der Waals surface area contributed by atoms with Gasteiger partial charge in [0.2, 0.25) is 0 Å². The first kappa shape index (κ1) is 29.7. The van der Waals surface area contributed by atoms with Gasteiger partial charge in [0.25, 0.3) is 10.0 Å². The molecule has 0 aromatic heterocycles. The maximum Gasteiger partial charge on any atom is 0.351 e. The van der Waals surface area contributed by atoms with Crippen molar-refractivity contribution in [3.63, 3.8) is 0 Å². The zero-order valence-electron chi connectivity index (χ0n) is 21.3. The third-order valence-corrected chi connectivity index (χ3v) is 11.3. The van der Waals surface area contributed by atoms with Crippen LogP contribution in [0.2, 0.25) is 29.7 Å². The molecule has 2 N–H and O–H groups in total. The summed E-state index contributed by atoms with van der Waals surface area (Å²) in [6, 6.07) is 14.5. The molecule has 0 saturated carbocycles. The van der Waals surface area contributed by atoms with Gasteiger partial charge in [-0.3, -0.25) is 4.57 Å². The van der Waals surface area contributed by atoms with E-state index < -0.39 is 31.0 Å². The van der Waals surface area contributed by atoms with E-state index in [1.54, 1.807) is 32.0 Å². The van der Waals surface area contributed by atoms with E-state index in [1.807, 2.05) is 18.2 Å². The van der Waals surface area contributed by atoms with Crippen molar-refractivity contribution in [1.29, 1.82) is 0 Å². The molecule has 0 spiro atoms. The summed E-state index contributed by atoms with van der Waals surface area (Å²) in [5, 5.41) is -0.733. The van der Waals surface area contributed by atoms with E-state index in [2.05, 4.69) is 31.1 Å². The number of fused-ring (bicyclic) bond motifs is 1. The molecule has 0 bridgehead atoms. The van der Waals surface area contributed by atoms with Crippen LogP contribution in [0.15, 0.2) is 59.5 Å². The first-order valence-electron chi connectivity index (χ1n) is 11.7. The van der Waals surface area contributed by atoms with Crippen LogP contribution in [0.3, 0.4) is 0 Å². The number of hydrogen-bond donors (Lipinski definition) is 2. The molecule has 0 aliphatic heterocycles. The van der Waals surface area contributed by atoms with Crippen molar-refractivity contribution in [1.82, 2.24) is 0 Å². The Bertz CT molecular complexity index is 1530. The maximum absolute atomic E-state index is 14.5. The van der Waals surface area contributed by atoms with Crippen LogP contribution in [0, 0.1) is 11.5 Å². The standard InChI is InChI=1S/C26H30Cl2NO5PSSi/c1-6-26(7-2,35(30,31)32)29(36(33,34)23-17-21(27)16-22(28)18-23)25-20(14-15-37(3,4)5)13-12-19-10-8-9-11-24(19)25/h8-13,16-18H,6-7H2,1-5H3,(H2,30,31,32). The normalized spacial score (nSPS) is 12.8. The van der Waals surface area contributed by atoms with Crippen LogP contribution < -0.4 is 4.31 Å². The highest BCUT2D eigenvalue weighted by molar-refractivity contribution is 7.93. The smallest absolute Gasteiger partial charge is 0.323 e. The number of hydrogen-bond acceptors (Lipinski definition) is 3. The third kappa shape index (κ3) is 5.94. The summed E-state index contributed by atoms with van der Waals surface area (Å²) >= 11 is 12.3. The Balaban J connectivity index is 2.60. The molecule has 0 aliphatic carbocycles. The number of rotatable bonds is 7. The molecular weight excluding hydrogens is 568 g/mol. The lowest BCUT2D eigenvalue weighted by molar-refractivity contribution is 0.317. The number of anilines is 1. The van der Waals surface area contributed by atoms with E-state index in [-0.39, 0.29) is 33.5 Å². The second-order valence-corrected chi connectivity index (χ2v) is 19.1. The van der Waals surface area contributed by atoms with Gasteiger partial charge in [0.05, 0.1) is 10.6 Å². The van der Waals surface area contributed by atoms with Crippen molar-refractivity contribution in [3.8, 4) is 11.5 Å². The van der Waals surface area contributed by atoms with E-state index in [0.29, 0.717) is 16.3 Å². The fourth-order valence-corrected chi connectivity index (χ4v) is 9.10. The highest BCUT2D eigenvalue weighted by Crippen LogP contribution is 2.59. The molecule has 0 heterocycles. The molecule has 6 nitrogen and oxygen atoms in total. The van der Waals surface area contributed by atoms with E-state index >= 15 is 0 Å². The van der Waals surface area contributed by atoms with Crippen molar-refractivity contribution in [2.45, 2.75) is 56.5 Å². The first-order chi connectivity index (χ1) is 17.1. The van der Waals surface area contributed by atoms with E-state index in [4.69, 9.17) is 23.2 Å². The van der Waals surface area contributed by atoms with Gasteiger partial charge in [-0.1, -0.05) is 92.9 Å². The van der Waals surface area contributed by atoms with Crippen molar-refractivity contribution in [2.24, 2.45) is 0 Å². The molecule has 0 aliphatic rings. The molecule has 3 aromatic carbocycles. The Labute approximate surface area is 229 Å². The number of halogens is 2. The van der Waals surface area contributed by atoms with Crippen LogP contribution >= 0.6 is 30.8 Å². The zero-order chi connectivity index (χ0) is 27.8. The number of benzene rings is 3. The van der Waals surface area contributed by atoms with Gasteiger partial charge in [-0.05, 0) is 42.5 Å². The molecule has 0 unspecified atom stereocenters. The molecular formula is C26H30Cl2NO5PSSi. The van der Waals surface area contributed by atoms with Crippen molar-refractivity contribution in [2.75, 3.05) is 4.31 Å². The van der Waals surface area contributed by atoms with Gasteiger partial charge in [0.1, 0.15) is 8.07 Å². The van der Waals surface area contributed by atoms with Crippen molar-refractivity contribution in [3.05, 3.63) is 70.2 Å². The molecule has 3 rings (SSSR count). The Kier molecular flexibility index (Phi) is 8.63. The van der Waals surface area contributed by atoms with Gasteiger partial charge in [0, 0.05) is 21.0 Å². The first-order valence-corrected chi connectivity index (χ1v) is 19.0. The summed E-state index contributed by atoms with van der Waals surface area (Å²) < 4.78 is 43.0. The van der Waals surface area contributed by atoms with Crippen LogP contribution in [0.4, 0.5) is 5.69 Å². The van der Waals surface area contributed by atoms with Crippen LogP contribution in [-0.2, 0) is 14.6 Å². The quantitative estimate of drug-likeness (QED) is 0.170. The average Bonchev–Trinajstić information content (AvgIpc) is 2.79. The minimum absolute atomic E-state index is 0.0810. The highest BCUT2D eigenvalue weighted by Gasteiger charge is 2.55. The van der Waals surface area contributed by atoms with Gasteiger partial charge in [-0.2, -0.15) is 0 Å². The van der Waals surface area contributed by atoms with Gasteiger partial charge < -0.3 is 9.79 Å². The molecule has 0 radical (unpaired) electrons. The Morgan fingerprint density at radius 3 is 2.05 bits per heavy atom.